The first kappa shape index (κ1) is 15.8. The van der Waals surface area contributed by atoms with Gasteiger partial charge in [0.1, 0.15) is 0 Å². The summed E-state index contributed by atoms with van der Waals surface area (Å²) in [4.78, 5) is 1.10. The molecule has 0 spiro atoms. The number of nitrogens with one attached hydrogen (secondary N) is 2. The Morgan fingerprint density at radius 3 is 2.67 bits per heavy atom. The number of rotatable bonds is 3. The molecule has 2 aromatic rings. The van der Waals surface area contributed by atoms with Gasteiger partial charge in [-0.2, -0.15) is 13.2 Å². The van der Waals surface area contributed by atoms with Crippen molar-refractivity contribution in [1.82, 2.24) is 5.32 Å². The summed E-state index contributed by atoms with van der Waals surface area (Å²) >= 11 is 6.67. The molecule has 0 aliphatic rings. The Hall–Kier alpha value is -1.60. The Bertz CT molecular complexity index is 622. The average molecular weight is 330 g/mol. The third-order valence-electron chi connectivity index (χ3n) is 2.67. The highest BCUT2D eigenvalue weighted by Crippen LogP contribution is 2.31. The Morgan fingerprint density at radius 1 is 1.29 bits per heavy atom. The molecule has 0 bridgehead atoms. The number of aryl methyl sites for hydroxylation is 1. The largest absolute Gasteiger partial charge is 0.416 e. The number of hydrogen-bond acceptors (Lipinski definition) is 2. The molecule has 112 valence electrons. The van der Waals surface area contributed by atoms with Crippen LogP contribution in [0.4, 0.5) is 18.9 Å². The van der Waals surface area contributed by atoms with Crippen molar-refractivity contribution in [3.8, 4) is 0 Å². The smallest absolute Gasteiger partial charge is 0.358 e. The zero-order valence-corrected chi connectivity index (χ0v) is 12.8. The molecule has 2 rings (SSSR count). The van der Waals surface area contributed by atoms with E-state index < -0.39 is 11.7 Å². The van der Waals surface area contributed by atoms with Crippen molar-refractivity contribution in [1.29, 1.82) is 0 Å². The molecular formula is C14H13F3N2S2. The number of alkyl halides is 3. The Kier molecular flexibility index (Phi) is 4.84. The number of thiocarbonyl (C=S) groups is 1. The molecule has 0 saturated carbocycles. The molecule has 0 amide bonds. The summed E-state index contributed by atoms with van der Waals surface area (Å²) in [6.45, 7) is 2.16. The van der Waals surface area contributed by atoms with Gasteiger partial charge in [-0.25, -0.2) is 0 Å². The second-order valence-electron chi connectivity index (χ2n) is 4.47. The highest BCUT2D eigenvalue weighted by Gasteiger charge is 2.30. The van der Waals surface area contributed by atoms with Crippen LogP contribution in [0.2, 0.25) is 0 Å². The van der Waals surface area contributed by atoms with Gasteiger partial charge in [-0.05, 0) is 54.4 Å². The van der Waals surface area contributed by atoms with E-state index in [2.05, 4.69) is 10.6 Å². The van der Waals surface area contributed by atoms with Gasteiger partial charge < -0.3 is 10.6 Å². The maximum Gasteiger partial charge on any atom is 0.416 e. The first-order chi connectivity index (χ1) is 9.84. The van der Waals surface area contributed by atoms with Crippen LogP contribution < -0.4 is 10.6 Å². The lowest BCUT2D eigenvalue weighted by atomic mass is 10.1. The minimum Gasteiger partial charge on any atom is -0.358 e. The lowest BCUT2D eigenvalue weighted by Gasteiger charge is -2.13. The molecule has 1 aromatic heterocycles. The normalized spacial score (nSPS) is 11.2. The summed E-state index contributed by atoms with van der Waals surface area (Å²) in [7, 11) is 0. The molecule has 2 nitrogen and oxygen atoms in total. The predicted octanol–water partition coefficient (Wildman–Crippen LogP) is 4.56. The molecule has 7 heteroatoms. The maximum atomic E-state index is 12.7. The van der Waals surface area contributed by atoms with Gasteiger partial charge in [0, 0.05) is 10.6 Å². The van der Waals surface area contributed by atoms with Gasteiger partial charge in [-0.3, -0.25) is 0 Å². The van der Waals surface area contributed by atoms with Crippen LogP contribution in [0.1, 0.15) is 16.0 Å². The number of hydrogen-bond donors (Lipinski definition) is 2. The van der Waals surface area contributed by atoms with E-state index in [1.165, 1.54) is 0 Å². The van der Waals surface area contributed by atoms with Crippen molar-refractivity contribution in [2.45, 2.75) is 19.6 Å². The van der Waals surface area contributed by atoms with Crippen molar-refractivity contribution in [3.05, 3.63) is 51.7 Å². The molecule has 2 N–H and O–H groups in total. The average Bonchev–Trinajstić information content (AvgIpc) is 2.87. The fraction of sp³-hybridized carbons (Fsp3) is 0.214. The molecule has 0 unspecified atom stereocenters. The fourth-order valence-electron chi connectivity index (χ4n) is 1.77. The summed E-state index contributed by atoms with van der Waals surface area (Å²) in [5.41, 5.74) is 0.158. The maximum absolute atomic E-state index is 12.7. The molecule has 0 radical (unpaired) electrons. The molecule has 0 aliphatic carbocycles. The lowest BCUT2D eigenvalue weighted by Crippen LogP contribution is -2.27. The van der Waals surface area contributed by atoms with Crippen molar-refractivity contribution < 1.29 is 13.2 Å². The van der Waals surface area contributed by atoms with Crippen molar-refractivity contribution in [2.24, 2.45) is 0 Å². The van der Waals surface area contributed by atoms with Gasteiger partial charge >= 0.3 is 6.18 Å². The van der Waals surface area contributed by atoms with Crippen LogP contribution in [-0.2, 0) is 12.7 Å². The van der Waals surface area contributed by atoms with Gasteiger partial charge in [-0.1, -0.05) is 6.07 Å². The van der Waals surface area contributed by atoms with E-state index in [1.807, 2.05) is 17.5 Å². The number of halogens is 3. The van der Waals surface area contributed by atoms with Gasteiger partial charge in [0.15, 0.2) is 5.11 Å². The van der Waals surface area contributed by atoms with Crippen LogP contribution in [0.5, 0.6) is 0 Å². The quantitative estimate of drug-likeness (QED) is 0.807. The monoisotopic (exact) mass is 330 g/mol. The highest BCUT2D eigenvalue weighted by atomic mass is 32.1. The minimum absolute atomic E-state index is 0.294. The van der Waals surface area contributed by atoms with Crippen LogP contribution in [0.25, 0.3) is 0 Å². The van der Waals surface area contributed by atoms with Gasteiger partial charge in [-0.15, -0.1) is 11.3 Å². The number of thiophene rings is 1. The van der Waals surface area contributed by atoms with Crippen LogP contribution >= 0.6 is 23.6 Å². The van der Waals surface area contributed by atoms with E-state index in [-0.39, 0.29) is 0 Å². The predicted molar refractivity (Wildman–Crippen MR) is 83.6 cm³/mol. The Labute approximate surface area is 130 Å². The van der Waals surface area contributed by atoms with E-state index in [0.29, 0.717) is 22.9 Å². The first-order valence-corrected chi connectivity index (χ1v) is 7.39. The van der Waals surface area contributed by atoms with Crippen molar-refractivity contribution >= 4 is 34.4 Å². The zero-order valence-electron chi connectivity index (χ0n) is 11.1. The summed E-state index contributed by atoms with van der Waals surface area (Å²) in [6.07, 6.45) is -4.37. The molecular weight excluding hydrogens is 317 g/mol. The van der Waals surface area contributed by atoms with Crippen molar-refractivity contribution in [3.63, 3.8) is 0 Å². The van der Waals surface area contributed by atoms with E-state index >= 15 is 0 Å². The third-order valence-corrected chi connectivity index (χ3v) is 3.79. The molecule has 1 heterocycles. The van der Waals surface area contributed by atoms with Crippen LogP contribution in [0, 0.1) is 6.92 Å². The summed E-state index contributed by atoms with van der Waals surface area (Å²) in [5, 5.41) is 7.99. The lowest BCUT2D eigenvalue weighted by molar-refractivity contribution is -0.137. The molecule has 21 heavy (non-hydrogen) atoms. The molecule has 1 aromatic carbocycles. The molecule has 0 fully saturated rings. The summed E-state index contributed by atoms with van der Waals surface area (Å²) < 4.78 is 38.2. The Balaban J connectivity index is 2.02. The Morgan fingerprint density at radius 2 is 2.05 bits per heavy atom. The van der Waals surface area contributed by atoms with Crippen LogP contribution in [0.15, 0.2) is 35.7 Å². The van der Waals surface area contributed by atoms with Gasteiger partial charge in [0.25, 0.3) is 0 Å². The second-order valence-corrected chi connectivity index (χ2v) is 5.91. The van der Waals surface area contributed by atoms with E-state index in [9.17, 15) is 13.2 Å². The second kappa shape index (κ2) is 6.44. The highest BCUT2D eigenvalue weighted by molar-refractivity contribution is 7.80. The minimum atomic E-state index is -4.37. The third kappa shape index (κ3) is 4.71. The standard InChI is InChI=1S/C14H13F3N2S2/c1-9-5-10(14(15,16)17)7-11(6-9)19-13(20)18-8-12-3-2-4-21-12/h2-7H,8H2,1H3,(H2,18,19,20). The van der Waals surface area contributed by atoms with E-state index in [4.69, 9.17) is 12.2 Å². The van der Waals surface area contributed by atoms with Gasteiger partial charge in [0.05, 0.1) is 12.1 Å². The number of anilines is 1. The summed E-state index contributed by atoms with van der Waals surface area (Å²) in [5.74, 6) is 0. The zero-order chi connectivity index (χ0) is 15.5. The van der Waals surface area contributed by atoms with Crippen LogP contribution in [0.3, 0.4) is 0 Å². The fourth-order valence-corrected chi connectivity index (χ4v) is 2.61. The van der Waals surface area contributed by atoms with Crippen molar-refractivity contribution in [2.75, 3.05) is 5.32 Å². The van der Waals surface area contributed by atoms with Crippen LogP contribution in [-0.4, -0.2) is 5.11 Å². The summed E-state index contributed by atoms with van der Waals surface area (Å²) in [6, 6.07) is 7.65. The SMILES string of the molecule is Cc1cc(NC(=S)NCc2cccs2)cc(C(F)(F)F)c1. The molecule has 0 atom stereocenters. The topological polar surface area (TPSA) is 24.1 Å². The first-order valence-electron chi connectivity index (χ1n) is 6.11. The van der Waals surface area contributed by atoms with Gasteiger partial charge in [0.2, 0.25) is 0 Å². The number of benzene rings is 1. The van der Waals surface area contributed by atoms with E-state index in [1.54, 1.807) is 24.3 Å². The molecule has 0 saturated heterocycles. The van der Waals surface area contributed by atoms with E-state index in [0.717, 1.165) is 17.0 Å². The molecule has 0 aliphatic heterocycles.